The lowest BCUT2D eigenvalue weighted by Crippen LogP contribution is -2.67. The highest BCUT2D eigenvalue weighted by Gasteiger charge is 2.50. The van der Waals surface area contributed by atoms with Crippen molar-refractivity contribution in [3.63, 3.8) is 0 Å². The van der Waals surface area contributed by atoms with E-state index in [1.807, 2.05) is 12.1 Å². The van der Waals surface area contributed by atoms with Crippen LogP contribution in [0.1, 0.15) is 41.0 Å². The Hall–Kier alpha value is -1.71. The van der Waals surface area contributed by atoms with Gasteiger partial charge in [0.1, 0.15) is 6.29 Å². The van der Waals surface area contributed by atoms with Gasteiger partial charge >= 0.3 is 0 Å². The number of benzene rings is 2. The first-order valence-corrected chi connectivity index (χ1v) is 10.8. The number of carbonyl (C=O) groups excluding carboxylic acids is 1. The molecule has 2 nitrogen and oxygen atoms in total. The Balaban J connectivity index is 2.59. The van der Waals surface area contributed by atoms with Crippen molar-refractivity contribution in [2.24, 2.45) is 5.41 Å². The minimum absolute atomic E-state index is 0.0348. The van der Waals surface area contributed by atoms with E-state index in [-0.39, 0.29) is 10.5 Å². The van der Waals surface area contributed by atoms with E-state index < -0.39 is 8.32 Å². The Kier molecular flexibility index (Phi) is 6.02. The molecule has 0 bridgehead atoms. The first kappa shape index (κ1) is 19.6. The lowest BCUT2D eigenvalue weighted by atomic mass is 9.92. The van der Waals surface area contributed by atoms with Crippen LogP contribution in [0.4, 0.5) is 0 Å². The van der Waals surface area contributed by atoms with E-state index in [0.29, 0.717) is 13.0 Å². The maximum absolute atomic E-state index is 11.0. The maximum Gasteiger partial charge on any atom is 0.261 e. The van der Waals surface area contributed by atoms with E-state index in [9.17, 15) is 4.79 Å². The molecule has 0 aliphatic rings. The van der Waals surface area contributed by atoms with Gasteiger partial charge in [-0.1, -0.05) is 95.3 Å². The highest BCUT2D eigenvalue weighted by molar-refractivity contribution is 6.99. The number of carbonyl (C=O) groups is 1. The van der Waals surface area contributed by atoms with Gasteiger partial charge in [0.15, 0.2) is 0 Å². The molecule has 2 aromatic carbocycles. The first-order chi connectivity index (χ1) is 11.7. The lowest BCUT2D eigenvalue weighted by molar-refractivity contribution is -0.109. The van der Waals surface area contributed by atoms with Crippen molar-refractivity contribution in [3.05, 3.63) is 60.7 Å². The highest BCUT2D eigenvalue weighted by Crippen LogP contribution is 2.38. The van der Waals surface area contributed by atoms with Crippen molar-refractivity contribution < 1.29 is 9.22 Å². The van der Waals surface area contributed by atoms with Crippen molar-refractivity contribution in [1.82, 2.24) is 0 Å². The normalized spacial score (nSPS) is 12.8. The van der Waals surface area contributed by atoms with Gasteiger partial charge in [-0.3, -0.25) is 0 Å². The number of aldehydes is 1. The largest absolute Gasteiger partial charge is 0.407 e. The molecule has 0 aliphatic heterocycles. The zero-order chi connectivity index (χ0) is 18.6. The van der Waals surface area contributed by atoms with Crippen LogP contribution in [0, 0.1) is 5.41 Å². The van der Waals surface area contributed by atoms with E-state index in [2.05, 4.69) is 83.1 Å². The minimum atomic E-state index is -2.50. The van der Waals surface area contributed by atoms with Crippen LogP contribution in [0.15, 0.2) is 60.7 Å². The van der Waals surface area contributed by atoms with Gasteiger partial charge in [0, 0.05) is 13.0 Å². The molecule has 0 amide bonds. The molecule has 0 unspecified atom stereocenters. The van der Waals surface area contributed by atoms with Gasteiger partial charge < -0.3 is 9.22 Å². The molecular formula is C22H30O2Si. The van der Waals surface area contributed by atoms with Crippen LogP contribution in [-0.4, -0.2) is 21.2 Å². The standard InChI is InChI=1S/C22H30O2Si/c1-21(2,3)25(19-12-8-6-9-13-19,20-14-10-7-11-15-20)24-18-22(4,5)16-17-23/h6-15,17H,16,18H2,1-5H3. The van der Waals surface area contributed by atoms with Crippen LogP contribution in [0.2, 0.25) is 5.04 Å². The smallest absolute Gasteiger partial charge is 0.261 e. The van der Waals surface area contributed by atoms with Crippen molar-refractivity contribution >= 4 is 25.0 Å². The summed E-state index contributed by atoms with van der Waals surface area (Å²) in [5.74, 6) is 0. The maximum atomic E-state index is 11.0. The number of hydrogen-bond acceptors (Lipinski definition) is 2. The predicted molar refractivity (Wildman–Crippen MR) is 108 cm³/mol. The molecule has 0 radical (unpaired) electrons. The molecule has 0 saturated heterocycles. The summed E-state index contributed by atoms with van der Waals surface area (Å²) in [4.78, 5) is 11.0. The number of hydrogen-bond donors (Lipinski definition) is 0. The molecule has 0 fully saturated rings. The van der Waals surface area contributed by atoms with Gasteiger partial charge in [0.05, 0.1) is 0 Å². The second kappa shape index (κ2) is 7.67. The van der Waals surface area contributed by atoms with Crippen LogP contribution in [0.25, 0.3) is 0 Å². The molecule has 2 rings (SSSR count). The fourth-order valence-electron chi connectivity index (χ4n) is 3.35. The molecule has 0 heterocycles. The molecule has 0 N–H and O–H groups in total. The van der Waals surface area contributed by atoms with Crippen LogP contribution < -0.4 is 10.4 Å². The lowest BCUT2D eigenvalue weighted by Gasteiger charge is -2.44. The Morgan fingerprint density at radius 3 is 1.64 bits per heavy atom. The van der Waals surface area contributed by atoms with Gasteiger partial charge in [-0.15, -0.1) is 0 Å². The third-order valence-electron chi connectivity index (χ3n) is 4.73. The van der Waals surface area contributed by atoms with Crippen LogP contribution >= 0.6 is 0 Å². The van der Waals surface area contributed by atoms with Crippen LogP contribution in [-0.2, 0) is 9.22 Å². The third kappa shape index (κ3) is 4.28. The summed E-state index contributed by atoms with van der Waals surface area (Å²) < 4.78 is 6.86. The molecule has 0 aliphatic carbocycles. The Bertz CT molecular complexity index is 633. The van der Waals surface area contributed by atoms with Crippen LogP contribution in [0.3, 0.4) is 0 Å². The highest BCUT2D eigenvalue weighted by atomic mass is 28.4. The summed E-state index contributed by atoms with van der Waals surface area (Å²) in [5.41, 5.74) is -0.172. The second-order valence-electron chi connectivity index (χ2n) is 8.49. The zero-order valence-corrected chi connectivity index (χ0v) is 17.1. The quantitative estimate of drug-likeness (QED) is 0.551. The molecule has 134 valence electrons. The summed E-state index contributed by atoms with van der Waals surface area (Å²) in [6.45, 7) is 11.6. The van der Waals surface area contributed by atoms with E-state index in [0.717, 1.165) is 6.29 Å². The summed E-state index contributed by atoms with van der Waals surface area (Å²) in [5, 5.41) is 2.51. The summed E-state index contributed by atoms with van der Waals surface area (Å²) in [6.07, 6.45) is 1.50. The van der Waals surface area contributed by atoms with Gasteiger partial charge in [-0.2, -0.15) is 0 Å². The van der Waals surface area contributed by atoms with Gasteiger partial charge in [0.2, 0.25) is 0 Å². The van der Waals surface area contributed by atoms with Gasteiger partial charge in [-0.25, -0.2) is 0 Å². The SMILES string of the molecule is CC(C)(CC=O)CO[Si](c1ccccc1)(c1ccccc1)C(C)(C)C. The molecule has 0 saturated carbocycles. The van der Waals surface area contributed by atoms with Crippen molar-refractivity contribution in [1.29, 1.82) is 0 Å². The Morgan fingerprint density at radius 2 is 1.28 bits per heavy atom. The van der Waals surface area contributed by atoms with Crippen molar-refractivity contribution in [3.8, 4) is 0 Å². The van der Waals surface area contributed by atoms with E-state index in [4.69, 9.17) is 4.43 Å². The molecule has 3 heteroatoms. The zero-order valence-electron chi connectivity index (χ0n) is 16.1. The van der Waals surface area contributed by atoms with E-state index in [1.165, 1.54) is 10.4 Å². The summed E-state index contributed by atoms with van der Waals surface area (Å²) in [6, 6.07) is 21.2. The second-order valence-corrected chi connectivity index (χ2v) is 12.8. The molecular weight excluding hydrogens is 324 g/mol. The number of rotatable bonds is 7. The Labute approximate surface area is 153 Å². The molecule has 2 aromatic rings. The predicted octanol–water partition coefficient (Wildman–Crippen LogP) is 4.18. The first-order valence-electron chi connectivity index (χ1n) is 8.92. The van der Waals surface area contributed by atoms with Crippen molar-refractivity contribution in [2.75, 3.05) is 6.61 Å². The average Bonchev–Trinajstić information content (AvgIpc) is 2.56. The molecule has 0 aromatic heterocycles. The average molecular weight is 355 g/mol. The van der Waals surface area contributed by atoms with E-state index in [1.54, 1.807) is 0 Å². The minimum Gasteiger partial charge on any atom is -0.407 e. The summed E-state index contributed by atoms with van der Waals surface area (Å²) >= 11 is 0. The topological polar surface area (TPSA) is 26.3 Å². The van der Waals surface area contributed by atoms with Crippen molar-refractivity contribution in [2.45, 2.75) is 46.1 Å². The van der Waals surface area contributed by atoms with Crippen LogP contribution in [0.5, 0.6) is 0 Å². The molecule has 25 heavy (non-hydrogen) atoms. The molecule has 0 spiro atoms. The fourth-order valence-corrected chi connectivity index (χ4v) is 8.11. The van der Waals surface area contributed by atoms with Gasteiger partial charge in [0.25, 0.3) is 8.32 Å². The van der Waals surface area contributed by atoms with E-state index >= 15 is 0 Å². The molecule has 0 atom stereocenters. The monoisotopic (exact) mass is 354 g/mol. The summed E-state index contributed by atoms with van der Waals surface area (Å²) in [7, 11) is -2.50. The third-order valence-corrected chi connectivity index (χ3v) is 9.71. The Morgan fingerprint density at radius 1 is 0.840 bits per heavy atom. The van der Waals surface area contributed by atoms with Gasteiger partial charge in [-0.05, 0) is 20.8 Å². The fraction of sp³-hybridized carbons (Fsp3) is 0.409.